The molecule has 0 amide bonds. The van der Waals surface area contributed by atoms with Crippen molar-refractivity contribution in [1.82, 2.24) is 0 Å². The first-order valence-corrected chi connectivity index (χ1v) is 11.0. The molecule has 5 aliphatic carbocycles. The van der Waals surface area contributed by atoms with Gasteiger partial charge in [0, 0.05) is 16.0 Å². The highest BCUT2D eigenvalue weighted by molar-refractivity contribution is 6.34. The predicted octanol–water partition coefficient (Wildman–Crippen LogP) is 7.22. The molecule has 8 rings (SSSR count). The second-order valence-electron chi connectivity index (χ2n) is 9.58. The second-order valence-corrected chi connectivity index (χ2v) is 9.99. The molecule has 0 N–H and O–H groups in total. The van der Waals surface area contributed by atoms with Crippen molar-refractivity contribution < 1.29 is 0 Å². The Kier molecular flexibility index (Phi) is 2.79. The summed E-state index contributed by atoms with van der Waals surface area (Å²) in [6, 6.07) is 20.5. The average molecular weight is 371 g/mol. The van der Waals surface area contributed by atoms with Gasteiger partial charge in [0.2, 0.25) is 0 Å². The number of fused-ring (bicyclic) bond motifs is 4. The zero-order valence-electron chi connectivity index (χ0n) is 15.4. The van der Waals surface area contributed by atoms with Gasteiger partial charge in [-0.25, -0.2) is 0 Å². The van der Waals surface area contributed by atoms with E-state index in [1.165, 1.54) is 54.0 Å². The molecule has 3 aromatic rings. The Morgan fingerprint density at radius 3 is 2.07 bits per heavy atom. The molecule has 0 aromatic heterocycles. The smallest absolute Gasteiger partial charge is 0.0487 e. The summed E-state index contributed by atoms with van der Waals surface area (Å²) in [5.74, 6) is 3.55. The quantitative estimate of drug-likeness (QED) is 0.392. The van der Waals surface area contributed by atoms with E-state index in [4.69, 9.17) is 11.6 Å². The van der Waals surface area contributed by atoms with Crippen molar-refractivity contribution in [2.24, 2.45) is 23.7 Å². The van der Waals surface area contributed by atoms with Crippen molar-refractivity contribution in [3.05, 3.63) is 70.7 Å². The molecule has 4 fully saturated rings. The highest BCUT2D eigenvalue weighted by Gasteiger charge is 2.61. The van der Waals surface area contributed by atoms with E-state index in [0.29, 0.717) is 0 Å². The summed E-state index contributed by atoms with van der Waals surface area (Å²) in [7, 11) is 0. The third-order valence-electron chi connectivity index (χ3n) is 8.49. The molecule has 0 saturated heterocycles. The van der Waals surface area contributed by atoms with E-state index in [1.54, 1.807) is 11.1 Å². The molecule has 0 radical (unpaired) electrons. The second kappa shape index (κ2) is 4.97. The Bertz CT molecular complexity index is 1080. The van der Waals surface area contributed by atoms with Crippen molar-refractivity contribution in [1.29, 1.82) is 0 Å². The zero-order chi connectivity index (χ0) is 17.8. The van der Waals surface area contributed by atoms with E-state index in [0.717, 1.165) is 28.7 Å². The van der Waals surface area contributed by atoms with E-state index in [-0.39, 0.29) is 5.41 Å². The number of hydrogen-bond acceptors (Lipinski definition) is 0. The Labute approximate surface area is 165 Å². The lowest BCUT2D eigenvalue weighted by atomic mass is 9.43. The molecule has 3 aromatic carbocycles. The number of hydrogen-bond donors (Lipinski definition) is 0. The summed E-state index contributed by atoms with van der Waals surface area (Å²) in [5, 5.41) is 3.66. The molecule has 0 atom stereocenters. The van der Waals surface area contributed by atoms with Crippen LogP contribution in [0, 0.1) is 23.7 Å². The van der Waals surface area contributed by atoms with Crippen LogP contribution in [-0.2, 0) is 5.41 Å². The van der Waals surface area contributed by atoms with E-state index in [1.807, 2.05) is 0 Å². The molecule has 0 heterocycles. The fraction of sp³-hybridized carbons (Fsp3) is 0.385. The van der Waals surface area contributed by atoms with Crippen LogP contribution < -0.4 is 0 Å². The summed E-state index contributed by atoms with van der Waals surface area (Å²) in [6.07, 6.45) is 7.18. The first kappa shape index (κ1) is 15.2. The number of rotatable bonds is 0. The monoisotopic (exact) mass is 370 g/mol. The third-order valence-corrected chi connectivity index (χ3v) is 8.80. The van der Waals surface area contributed by atoms with Gasteiger partial charge < -0.3 is 0 Å². The topological polar surface area (TPSA) is 0 Å². The lowest BCUT2D eigenvalue weighted by Crippen LogP contribution is -2.55. The summed E-state index contributed by atoms with van der Waals surface area (Å²) in [4.78, 5) is 0. The van der Waals surface area contributed by atoms with Gasteiger partial charge in [-0.2, -0.15) is 0 Å². The van der Waals surface area contributed by atoms with Crippen LogP contribution in [0.3, 0.4) is 0 Å². The summed E-state index contributed by atoms with van der Waals surface area (Å²) < 4.78 is 0. The minimum absolute atomic E-state index is 0.215. The van der Waals surface area contributed by atoms with Crippen LogP contribution in [0.2, 0.25) is 5.02 Å². The van der Waals surface area contributed by atoms with Crippen LogP contribution in [0.4, 0.5) is 0 Å². The third kappa shape index (κ3) is 1.72. The molecule has 4 bridgehead atoms. The van der Waals surface area contributed by atoms with Crippen LogP contribution in [0.25, 0.3) is 21.9 Å². The number of halogens is 1. The summed E-state index contributed by atoms with van der Waals surface area (Å²) in [5.41, 5.74) is 6.12. The Morgan fingerprint density at radius 1 is 0.704 bits per heavy atom. The molecule has 27 heavy (non-hydrogen) atoms. The first-order chi connectivity index (χ1) is 13.2. The maximum Gasteiger partial charge on any atom is 0.0487 e. The van der Waals surface area contributed by atoms with Crippen LogP contribution in [-0.4, -0.2) is 0 Å². The molecule has 0 aliphatic heterocycles. The summed E-state index contributed by atoms with van der Waals surface area (Å²) >= 11 is 6.85. The fourth-order valence-corrected chi connectivity index (χ4v) is 8.16. The SMILES string of the molecule is Clc1cccc2c1-c1cc3ccccc3cc1C21C2CC3CC(C2)CC1C3. The Morgan fingerprint density at radius 2 is 1.37 bits per heavy atom. The Hall–Kier alpha value is -1.79. The van der Waals surface area contributed by atoms with Gasteiger partial charge in [-0.05, 0) is 101 Å². The van der Waals surface area contributed by atoms with E-state index in [2.05, 4.69) is 54.6 Å². The van der Waals surface area contributed by atoms with Gasteiger partial charge in [0.05, 0.1) is 0 Å². The fourth-order valence-electron chi connectivity index (χ4n) is 7.88. The highest BCUT2D eigenvalue weighted by Crippen LogP contribution is 2.70. The van der Waals surface area contributed by atoms with E-state index < -0.39 is 0 Å². The van der Waals surface area contributed by atoms with Crippen LogP contribution in [0.15, 0.2) is 54.6 Å². The molecule has 5 aliphatic rings. The lowest BCUT2D eigenvalue weighted by molar-refractivity contribution is -0.0398. The van der Waals surface area contributed by atoms with Gasteiger partial charge in [-0.3, -0.25) is 0 Å². The maximum atomic E-state index is 6.85. The highest BCUT2D eigenvalue weighted by atomic mass is 35.5. The average Bonchev–Trinajstić information content (AvgIpc) is 2.95. The minimum atomic E-state index is 0.215. The summed E-state index contributed by atoms with van der Waals surface area (Å²) in [6.45, 7) is 0. The molecular formula is C26H23Cl. The molecule has 1 heteroatoms. The van der Waals surface area contributed by atoms with Gasteiger partial charge in [0.15, 0.2) is 0 Å². The predicted molar refractivity (Wildman–Crippen MR) is 112 cm³/mol. The van der Waals surface area contributed by atoms with Crippen molar-refractivity contribution in [2.45, 2.75) is 37.5 Å². The van der Waals surface area contributed by atoms with Crippen molar-refractivity contribution in [3.63, 3.8) is 0 Å². The van der Waals surface area contributed by atoms with Crippen LogP contribution in [0.5, 0.6) is 0 Å². The maximum absolute atomic E-state index is 6.85. The van der Waals surface area contributed by atoms with E-state index >= 15 is 0 Å². The van der Waals surface area contributed by atoms with Gasteiger partial charge in [0.25, 0.3) is 0 Å². The minimum Gasteiger partial charge on any atom is -0.0837 e. The standard InChI is InChI=1S/C26H23Cl/c27-24-7-3-6-22-25(24)21-13-17-4-1-2-5-18(17)14-23(21)26(22)19-9-15-8-16(11-19)12-20(26)10-15/h1-7,13-16,19-20H,8-12H2. The first-order valence-electron chi connectivity index (χ1n) is 10.6. The Balaban J connectivity index is 1.61. The van der Waals surface area contributed by atoms with Crippen molar-refractivity contribution in [2.75, 3.05) is 0 Å². The lowest BCUT2D eigenvalue weighted by Gasteiger charge is -2.61. The van der Waals surface area contributed by atoms with Gasteiger partial charge >= 0.3 is 0 Å². The van der Waals surface area contributed by atoms with Crippen molar-refractivity contribution in [3.8, 4) is 11.1 Å². The molecule has 134 valence electrons. The van der Waals surface area contributed by atoms with Crippen molar-refractivity contribution >= 4 is 22.4 Å². The largest absolute Gasteiger partial charge is 0.0837 e. The van der Waals surface area contributed by atoms with Crippen LogP contribution >= 0.6 is 11.6 Å². The van der Waals surface area contributed by atoms with Gasteiger partial charge in [0.1, 0.15) is 0 Å². The van der Waals surface area contributed by atoms with Gasteiger partial charge in [-0.1, -0.05) is 48.0 Å². The normalized spacial score (nSPS) is 35.0. The van der Waals surface area contributed by atoms with E-state index in [9.17, 15) is 0 Å². The molecular weight excluding hydrogens is 348 g/mol. The molecule has 4 saturated carbocycles. The molecule has 1 spiro atoms. The van der Waals surface area contributed by atoms with Gasteiger partial charge in [-0.15, -0.1) is 0 Å². The number of benzene rings is 3. The molecule has 0 nitrogen and oxygen atoms in total. The molecule has 0 unspecified atom stereocenters. The zero-order valence-corrected chi connectivity index (χ0v) is 16.2. The van der Waals surface area contributed by atoms with Crippen LogP contribution in [0.1, 0.15) is 43.2 Å².